The summed E-state index contributed by atoms with van der Waals surface area (Å²) in [6, 6.07) is 2.26. The molecule has 1 aliphatic carbocycles. The van der Waals surface area contributed by atoms with Crippen molar-refractivity contribution in [1.82, 2.24) is 9.78 Å². The number of rotatable bonds is 4. The number of aromatic carboxylic acids is 1. The van der Waals surface area contributed by atoms with Crippen LogP contribution in [0.1, 0.15) is 73.3 Å². The van der Waals surface area contributed by atoms with Crippen LogP contribution in [0.5, 0.6) is 0 Å². The molecule has 21 heavy (non-hydrogen) atoms. The minimum Gasteiger partial charge on any atom is -0.477 e. The van der Waals surface area contributed by atoms with Crippen LogP contribution in [-0.4, -0.2) is 20.9 Å². The third-order valence-electron chi connectivity index (χ3n) is 4.33. The van der Waals surface area contributed by atoms with Crippen molar-refractivity contribution >= 4 is 27.5 Å². The van der Waals surface area contributed by atoms with E-state index in [-0.39, 0.29) is 0 Å². The zero-order chi connectivity index (χ0) is 14.8. The highest BCUT2D eigenvalue weighted by Gasteiger charge is 2.22. The summed E-state index contributed by atoms with van der Waals surface area (Å²) in [6.07, 6.45) is 9.44. The predicted octanol–water partition coefficient (Wildman–Crippen LogP) is 4.64. The molecular formula is C16H22N2O2S. The van der Waals surface area contributed by atoms with Crippen molar-refractivity contribution in [3.05, 3.63) is 16.6 Å². The van der Waals surface area contributed by atoms with Gasteiger partial charge >= 0.3 is 5.97 Å². The molecule has 0 amide bonds. The van der Waals surface area contributed by atoms with Gasteiger partial charge in [0.2, 0.25) is 0 Å². The Labute approximate surface area is 128 Å². The van der Waals surface area contributed by atoms with Crippen molar-refractivity contribution in [2.75, 3.05) is 0 Å². The zero-order valence-electron chi connectivity index (χ0n) is 12.5. The number of hydrogen-bond donors (Lipinski definition) is 1. The molecule has 4 nitrogen and oxygen atoms in total. The first-order valence-electron chi connectivity index (χ1n) is 7.95. The summed E-state index contributed by atoms with van der Waals surface area (Å²) in [6.45, 7) is 2.14. The van der Waals surface area contributed by atoms with E-state index in [0.717, 1.165) is 28.8 Å². The SMILES string of the molecule is CCCc1nn(C2CCCCCC2)c2sc(C(=O)O)cc12. The van der Waals surface area contributed by atoms with Gasteiger partial charge in [0.15, 0.2) is 0 Å². The first-order chi connectivity index (χ1) is 10.2. The van der Waals surface area contributed by atoms with Crippen molar-refractivity contribution < 1.29 is 9.90 Å². The van der Waals surface area contributed by atoms with Crippen LogP contribution in [0.15, 0.2) is 6.07 Å². The molecule has 5 heteroatoms. The Balaban J connectivity index is 2.05. The van der Waals surface area contributed by atoms with Gasteiger partial charge in [0.1, 0.15) is 9.71 Å². The number of nitrogens with zero attached hydrogens (tertiary/aromatic N) is 2. The van der Waals surface area contributed by atoms with E-state index in [2.05, 4.69) is 11.6 Å². The Hall–Kier alpha value is -1.36. The van der Waals surface area contributed by atoms with Crippen LogP contribution in [0.4, 0.5) is 0 Å². The summed E-state index contributed by atoms with van der Waals surface area (Å²) in [5, 5.41) is 15.1. The Kier molecular flexibility index (Phi) is 4.29. The maximum absolute atomic E-state index is 11.3. The fraction of sp³-hybridized carbons (Fsp3) is 0.625. The van der Waals surface area contributed by atoms with E-state index in [0.29, 0.717) is 10.9 Å². The van der Waals surface area contributed by atoms with E-state index < -0.39 is 5.97 Å². The van der Waals surface area contributed by atoms with Gasteiger partial charge < -0.3 is 5.11 Å². The van der Waals surface area contributed by atoms with Crippen LogP contribution < -0.4 is 0 Å². The molecule has 1 N–H and O–H groups in total. The standard InChI is InChI=1S/C16H22N2O2S/c1-2-7-13-12-10-14(16(19)20)21-15(12)18(17-13)11-8-5-3-4-6-9-11/h10-11H,2-9H2,1H3,(H,19,20). The molecule has 0 saturated heterocycles. The number of fused-ring (bicyclic) bond motifs is 1. The fourth-order valence-corrected chi connectivity index (χ4v) is 4.31. The number of thiophene rings is 1. The van der Waals surface area contributed by atoms with Crippen molar-refractivity contribution in [2.45, 2.75) is 64.3 Å². The lowest BCUT2D eigenvalue weighted by Gasteiger charge is -2.15. The summed E-state index contributed by atoms with van der Waals surface area (Å²) in [7, 11) is 0. The Morgan fingerprint density at radius 3 is 2.71 bits per heavy atom. The van der Waals surface area contributed by atoms with Crippen LogP contribution in [0.25, 0.3) is 10.2 Å². The van der Waals surface area contributed by atoms with Gasteiger partial charge in [-0.2, -0.15) is 5.10 Å². The lowest BCUT2D eigenvalue weighted by atomic mass is 10.1. The first-order valence-corrected chi connectivity index (χ1v) is 8.76. The van der Waals surface area contributed by atoms with E-state index in [4.69, 9.17) is 5.10 Å². The quantitative estimate of drug-likeness (QED) is 0.837. The highest BCUT2D eigenvalue weighted by Crippen LogP contribution is 2.35. The molecule has 0 aromatic carbocycles. The average Bonchev–Trinajstić information content (AvgIpc) is 2.90. The largest absolute Gasteiger partial charge is 0.477 e. The monoisotopic (exact) mass is 306 g/mol. The first kappa shape index (κ1) is 14.6. The van der Waals surface area contributed by atoms with Crippen molar-refractivity contribution in [1.29, 1.82) is 0 Å². The molecule has 0 atom stereocenters. The number of carbonyl (C=O) groups is 1. The van der Waals surface area contributed by atoms with Crippen molar-refractivity contribution in [3.63, 3.8) is 0 Å². The second-order valence-corrected chi connectivity index (χ2v) is 6.95. The summed E-state index contributed by atoms with van der Waals surface area (Å²) in [4.78, 5) is 12.8. The zero-order valence-corrected chi connectivity index (χ0v) is 13.3. The normalized spacial score (nSPS) is 17.2. The Morgan fingerprint density at radius 2 is 2.10 bits per heavy atom. The number of carboxylic acid groups (broad SMARTS) is 1. The van der Waals surface area contributed by atoms with Crippen molar-refractivity contribution in [2.24, 2.45) is 0 Å². The molecule has 0 radical (unpaired) electrons. The van der Waals surface area contributed by atoms with Gasteiger partial charge in [0.05, 0.1) is 11.7 Å². The second-order valence-electron chi connectivity index (χ2n) is 5.92. The maximum atomic E-state index is 11.3. The van der Waals surface area contributed by atoms with Crippen LogP contribution in [0.2, 0.25) is 0 Å². The van der Waals surface area contributed by atoms with Crippen LogP contribution >= 0.6 is 11.3 Å². The molecule has 1 fully saturated rings. The number of aryl methyl sites for hydroxylation is 1. The summed E-state index contributed by atoms with van der Waals surface area (Å²) < 4.78 is 2.14. The van der Waals surface area contributed by atoms with Gasteiger partial charge in [0, 0.05) is 5.39 Å². The minimum absolute atomic E-state index is 0.433. The summed E-state index contributed by atoms with van der Waals surface area (Å²) in [5.41, 5.74) is 1.07. The molecular weight excluding hydrogens is 284 g/mol. The number of hydrogen-bond acceptors (Lipinski definition) is 3. The fourth-order valence-electron chi connectivity index (χ4n) is 3.26. The van der Waals surface area contributed by atoms with Crippen molar-refractivity contribution in [3.8, 4) is 0 Å². The molecule has 0 spiro atoms. The van der Waals surface area contributed by atoms with Gasteiger partial charge in [-0.05, 0) is 25.3 Å². The van der Waals surface area contributed by atoms with E-state index >= 15 is 0 Å². The van der Waals surface area contributed by atoms with Gasteiger partial charge in [-0.25, -0.2) is 4.79 Å². The van der Waals surface area contributed by atoms with E-state index in [1.807, 2.05) is 6.07 Å². The molecule has 2 aromatic rings. The molecule has 2 heterocycles. The lowest BCUT2D eigenvalue weighted by Crippen LogP contribution is -2.09. The van der Waals surface area contributed by atoms with Gasteiger partial charge in [-0.15, -0.1) is 11.3 Å². The molecule has 1 saturated carbocycles. The van der Waals surface area contributed by atoms with E-state index in [1.165, 1.54) is 49.9 Å². The molecule has 0 bridgehead atoms. The smallest absolute Gasteiger partial charge is 0.345 e. The summed E-state index contributed by atoms with van der Waals surface area (Å²) >= 11 is 1.38. The van der Waals surface area contributed by atoms with Crippen LogP contribution in [-0.2, 0) is 6.42 Å². The lowest BCUT2D eigenvalue weighted by molar-refractivity contribution is 0.0702. The third kappa shape index (κ3) is 2.84. The molecule has 2 aromatic heterocycles. The minimum atomic E-state index is -0.828. The topological polar surface area (TPSA) is 55.1 Å². The average molecular weight is 306 g/mol. The Bertz CT molecular complexity index is 636. The van der Waals surface area contributed by atoms with Crippen LogP contribution in [0, 0.1) is 0 Å². The second kappa shape index (κ2) is 6.18. The van der Waals surface area contributed by atoms with E-state index in [9.17, 15) is 9.90 Å². The highest BCUT2D eigenvalue weighted by molar-refractivity contribution is 7.20. The number of aromatic nitrogens is 2. The Morgan fingerprint density at radius 1 is 1.38 bits per heavy atom. The molecule has 0 aliphatic heterocycles. The predicted molar refractivity (Wildman–Crippen MR) is 85.3 cm³/mol. The van der Waals surface area contributed by atoms with Gasteiger partial charge in [-0.3, -0.25) is 4.68 Å². The third-order valence-corrected chi connectivity index (χ3v) is 5.44. The molecule has 3 rings (SSSR count). The summed E-state index contributed by atoms with van der Waals surface area (Å²) in [5.74, 6) is -0.828. The maximum Gasteiger partial charge on any atom is 0.345 e. The van der Waals surface area contributed by atoms with Gasteiger partial charge in [-0.1, -0.05) is 39.0 Å². The molecule has 1 aliphatic rings. The van der Waals surface area contributed by atoms with E-state index in [1.54, 1.807) is 0 Å². The number of carboxylic acids is 1. The highest BCUT2D eigenvalue weighted by atomic mass is 32.1. The molecule has 114 valence electrons. The molecule has 0 unspecified atom stereocenters. The van der Waals surface area contributed by atoms with Gasteiger partial charge in [0.25, 0.3) is 0 Å². The van der Waals surface area contributed by atoms with Crippen LogP contribution in [0.3, 0.4) is 0 Å².